The van der Waals surface area contributed by atoms with E-state index in [0.717, 1.165) is 55.9 Å². The van der Waals surface area contributed by atoms with Gasteiger partial charge >= 0.3 is 0 Å². The maximum absolute atomic E-state index is 11.6. The maximum atomic E-state index is 11.6. The molecule has 5 nitrogen and oxygen atoms in total. The summed E-state index contributed by atoms with van der Waals surface area (Å²) in [4.78, 5) is 18.8. The van der Waals surface area contributed by atoms with E-state index in [0.29, 0.717) is 5.56 Å². The molecule has 0 saturated heterocycles. The van der Waals surface area contributed by atoms with Crippen molar-refractivity contribution in [2.45, 2.75) is 58.8 Å². The second kappa shape index (κ2) is 10.1. The van der Waals surface area contributed by atoms with Crippen LogP contribution in [-0.4, -0.2) is 48.6 Å². The number of carbonyl (C=O) groups excluding carboxylic acids is 1. The van der Waals surface area contributed by atoms with Crippen molar-refractivity contribution in [1.82, 2.24) is 14.3 Å². The first-order valence-corrected chi connectivity index (χ1v) is 14.4. The van der Waals surface area contributed by atoms with Gasteiger partial charge in [0.15, 0.2) is 14.6 Å². The molecule has 0 aromatic carbocycles. The van der Waals surface area contributed by atoms with E-state index in [-0.39, 0.29) is 5.04 Å². The average molecular weight is 452 g/mol. The zero-order chi connectivity index (χ0) is 23.4. The Hall–Kier alpha value is -2.28. The summed E-state index contributed by atoms with van der Waals surface area (Å²) in [5.41, 5.74) is 4.47. The Kier molecular flexibility index (Phi) is 7.70. The summed E-state index contributed by atoms with van der Waals surface area (Å²) in [7, 11) is -1.73. The fourth-order valence-corrected chi connectivity index (χ4v) is 4.69. The second-order valence-electron chi connectivity index (χ2n) is 10.00. The standard InChI is InChI=1S/C26H37N3O2Si/c1-7-13-28(15-16-31-32(5,6)26(2,3)4)19-21-11-12-24(27-18-21)25-22(20-30)17-23-10-8-9-14-29(23)25/h8-12,14,17-18,20H,7,13,15-16,19H2,1-6H3. The molecule has 0 atom stereocenters. The van der Waals surface area contributed by atoms with Crippen molar-refractivity contribution in [2.24, 2.45) is 0 Å². The van der Waals surface area contributed by atoms with Gasteiger partial charge in [-0.1, -0.05) is 39.8 Å². The summed E-state index contributed by atoms with van der Waals surface area (Å²) in [5.74, 6) is 0. The van der Waals surface area contributed by atoms with Crippen LogP contribution >= 0.6 is 0 Å². The number of aromatic nitrogens is 2. The Labute approximate surface area is 193 Å². The van der Waals surface area contributed by atoms with Crippen LogP contribution in [0.5, 0.6) is 0 Å². The number of fused-ring (bicyclic) bond motifs is 1. The fourth-order valence-electron chi connectivity index (χ4n) is 3.65. The van der Waals surface area contributed by atoms with Gasteiger partial charge in [-0.2, -0.15) is 0 Å². The molecule has 6 heteroatoms. The van der Waals surface area contributed by atoms with Crippen LogP contribution in [0.2, 0.25) is 18.1 Å². The minimum atomic E-state index is -1.73. The number of rotatable bonds is 10. The van der Waals surface area contributed by atoms with E-state index in [4.69, 9.17) is 9.41 Å². The summed E-state index contributed by atoms with van der Waals surface area (Å²) in [5, 5.41) is 0.228. The Morgan fingerprint density at radius 2 is 1.94 bits per heavy atom. The third kappa shape index (κ3) is 5.55. The van der Waals surface area contributed by atoms with Crippen molar-refractivity contribution < 1.29 is 9.22 Å². The number of hydrogen-bond acceptors (Lipinski definition) is 4. The molecule has 0 spiro atoms. The van der Waals surface area contributed by atoms with Gasteiger partial charge in [0.1, 0.15) is 0 Å². The van der Waals surface area contributed by atoms with Gasteiger partial charge in [-0.3, -0.25) is 14.7 Å². The molecule has 3 aromatic heterocycles. The number of hydrogen-bond donors (Lipinski definition) is 0. The lowest BCUT2D eigenvalue weighted by Crippen LogP contribution is -2.42. The van der Waals surface area contributed by atoms with Gasteiger partial charge in [0.25, 0.3) is 0 Å². The van der Waals surface area contributed by atoms with Gasteiger partial charge in [0.05, 0.1) is 11.4 Å². The lowest BCUT2D eigenvalue weighted by atomic mass is 10.1. The molecule has 0 unspecified atom stereocenters. The smallest absolute Gasteiger partial charge is 0.192 e. The van der Waals surface area contributed by atoms with Crippen molar-refractivity contribution in [3.8, 4) is 11.4 Å². The normalized spacial score (nSPS) is 12.6. The quantitative estimate of drug-likeness (QED) is 0.278. The topological polar surface area (TPSA) is 46.8 Å². The van der Waals surface area contributed by atoms with Crippen LogP contribution in [0.1, 0.15) is 50.0 Å². The lowest BCUT2D eigenvalue weighted by Gasteiger charge is -2.36. The molecule has 3 heterocycles. The lowest BCUT2D eigenvalue weighted by molar-refractivity contribution is 0.112. The van der Waals surface area contributed by atoms with Crippen LogP contribution in [0.4, 0.5) is 0 Å². The maximum Gasteiger partial charge on any atom is 0.192 e. The first-order valence-electron chi connectivity index (χ1n) is 11.5. The molecule has 0 aliphatic heterocycles. The third-order valence-electron chi connectivity index (χ3n) is 6.53. The first kappa shape index (κ1) is 24.4. The predicted molar refractivity (Wildman–Crippen MR) is 135 cm³/mol. The summed E-state index contributed by atoms with van der Waals surface area (Å²) in [6.07, 6.45) is 5.91. The summed E-state index contributed by atoms with van der Waals surface area (Å²) >= 11 is 0. The third-order valence-corrected chi connectivity index (χ3v) is 11.1. The van der Waals surface area contributed by atoms with Crippen molar-refractivity contribution >= 4 is 20.1 Å². The molecule has 0 saturated carbocycles. The second-order valence-corrected chi connectivity index (χ2v) is 14.8. The van der Waals surface area contributed by atoms with Gasteiger partial charge in [-0.05, 0) is 60.9 Å². The van der Waals surface area contributed by atoms with E-state index in [1.54, 1.807) is 0 Å². The number of pyridine rings is 2. The molecule has 0 aliphatic rings. The molecule has 0 N–H and O–H groups in total. The van der Waals surface area contributed by atoms with Gasteiger partial charge < -0.3 is 8.83 Å². The molecule has 3 aromatic rings. The number of carbonyl (C=O) groups is 1. The molecule has 3 rings (SSSR count). The largest absolute Gasteiger partial charge is 0.416 e. The molecular weight excluding hydrogens is 414 g/mol. The molecule has 0 bridgehead atoms. The molecule has 32 heavy (non-hydrogen) atoms. The zero-order valence-corrected chi connectivity index (χ0v) is 21.4. The summed E-state index contributed by atoms with van der Waals surface area (Å²) in [6.45, 7) is 17.2. The van der Waals surface area contributed by atoms with E-state index in [1.165, 1.54) is 5.56 Å². The van der Waals surface area contributed by atoms with Crippen LogP contribution in [0.15, 0.2) is 48.8 Å². The summed E-state index contributed by atoms with van der Waals surface area (Å²) < 4.78 is 8.41. The highest BCUT2D eigenvalue weighted by molar-refractivity contribution is 6.74. The van der Waals surface area contributed by atoms with Gasteiger partial charge in [0, 0.05) is 43.2 Å². The Morgan fingerprint density at radius 3 is 2.56 bits per heavy atom. The van der Waals surface area contributed by atoms with E-state index in [1.807, 2.05) is 47.1 Å². The average Bonchev–Trinajstić information content (AvgIpc) is 3.12. The van der Waals surface area contributed by atoms with Crippen LogP contribution in [0, 0.1) is 0 Å². The Bertz CT molecular complexity index is 1040. The molecule has 0 radical (unpaired) electrons. The van der Waals surface area contributed by atoms with Crippen molar-refractivity contribution in [2.75, 3.05) is 19.7 Å². The molecular formula is C26H37N3O2Si. The minimum absolute atomic E-state index is 0.228. The van der Waals surface area contributed by atoms with Crippen molar-refractivity contribution in [3.05, 3.63) is 59.9 Å². The van der Waals surface area contributed by atoms with Crippen LogP contribution in [-0.2, 0) is 11.0 Å². The zero-order valence-electron chi connectivity index (χ0n) is 20.4. The molecule has 0 aliphatic carbocycles. The number of aldehydes is 1. The van der Waals surface area contributed by atoms with Crippen LogP contribution < -0.4 is 0 Å². The van der Waals surface area contributed by atoms with E-state index in [2.05, 4.69) is 51.8 Å². The van der Waals surface area contributed by atoms with Crippen molar-refractivity contribution in [1.29, 1.82) is 0 Å². The Balaban J connectivity index is 1.70. The Morgan fingerprint density at radius 1 is 1.16 bits per heavy atom. The van der Waals surface area contributed by atoms with E-state index < -0.39 is 8.32 Å². The first-order chi connectivity index (χ1) is 15.2. The van der Waals surface area contributed by atoms with Crippen LogP contribution in [0.25, 0.3) is 16.9 Å². The molecule has 0 fully saturated rings. The highest BCUT2D eigenvalue weighted by atomic mass is 28.4. The molecule has 0 amide bonds. The van der Waals surface area contributed by atoms with E-state index >= 15 is 0 Å². The van der Waals surface area contributed by atoms with Gasteiger partial charge in [0.2, 0.25) is 0 Å². The monoisotopic (exact) mass is 451 g/mol. The molecule has 172 valence electrons. The number of nitrogens with zero attached hydrogens (tertiary/aromatic N) is 3. The van der Waals surface area contributed by atoms with Gasteiger partial charge in [-0.15, -0.1) is 0 Å². The van der Waals surface area contributed by atoms with E-state index in [9.17, 15) is 4.79 Å². The summed E-state index contributed by atoms with van der Waals surface area (Å²) in [6, 6.07) is 12.0. The highest BCUT2D eigenvalue weighted by Crippen LogP contribution is 2.36. The van der Waals surface area contributed by atoms with Gasteiger partial charge in [-0.25, -0.2) is 0 Å². The highest BCUT2D eigenvalue weighted by Gasteiger charge is 2.36. The minimum Gasteiger partial charge on any atom is -0.416 e. The predicted octanol–water partition coefficient (Wildman–Crippen LogP) is 6.05. The SMILES string of the molecule is CCCN(CCO[Si](C)(C)C(C)(C)C)Cc1ccc(-c2c(C=O)cc3ccccn23)nc1. The fraction of sp³-hybridized carbons (Fsp3) is 0.462. The van der Waals surface area contributed by atoms with Crippen molar-refractivity contribution in [3.63, 3.8) is 0 Å². The van der Waals surface area contributed by atoms with Crippen LogP contribution in [0.3, 0.4) is 0 Å².